The molecule has 1 aliphatic rings. The van der Waals surface area contributed by atoms with Crippen LogP contribution in [0, 0.1) is 11.3 Å². The van der Waals surface area contributed by atoms with Crippen molar-refractivity contribution in [2.75, 3.05) is 13.1 Å². The van der Waals surface area contributed by atoms with Crippen LogP contribution in [0.25, 0.3) is 0 Å². The number of likely N-dealkylation sites (tertiary alicyclic amines) is 1. The predicted octanol–water partition coefficient (Wildman–Crippen LogP) is 3.26. The zero-order valence-electron chi connectivity index (χ0n) is 11.5. The van der Waals surface area contributed by atoms with E-state index in [1.807, 2.05) is 11.8 Å². The Morgan fingerprint density at radius 2 is 1.94 bits per heavy atom. The van der Waals surface area contributed by atoms with Gasteiger partial charge in [-0.25, -0.2) is 0 Å². The SMILES string of the molecule is CCC(C)(C=O)CN1CCC(C(F)(F)F)C1(C)C. The van der Waals surface area contributed by atoms with E-state index >= 15 is 0 Å². The number of aldehydes is 1. The van der Waals surface area contributed by atoms with Gasteiger partial charge in [0.15, 0.2) is 0 Å². The second-order valence-electron chi connectivity index (χ2n) is 6.08. The van der Waals surface area contributed by atoms with Crippen molar-refractivity contribution in [3.63, 3.8) is 0 Å². The lowest BCUT2D eigenvalue weighted by atomic mass is 9.84. The van der Waals surface area contributed by atoms with Gasteiger partial charge in [-0.15, -0.1) is 0 Å². The van der Waals surface area contributed by atoms with Gasteiger partial charge in [-0.3, -0.25) is 4.90 Å². The molecule has 1 rings (SSSR count). The van der Waals surface area contributed by atoms with Gasteiger partial charge in [-0.1, -0.05) is 13.8 Å². The summed E-state index contributed by atoms with van der Waals surface area (Å²) in [6.07, 6.45) is -2.54. The van der Waals surface area contributed by atoms with Crippen LogP contribution in [-0.2, 0) is 4.79 Å². The van der Waals surface area contributed by atoms with E-state index in [-0.39, 0.29) is 6.42 Å². The van der Waals surface area contributed by atoms with Crippen molar-refractivity contribution in [1.82, 2.24) is 4.90 Å². The van der Waals surface area contributed by atoms with Crippen molar-refractivity contribution >= 4 is 6.29 Å². The van der Waals surface area contributed by atoms with Crippen LogP contribution in [0.2, 0.25) is 0 Å². The highest BCUT2D eigenvalue weighted by Gasteiger charge is 2.55. The highest BCUT2D eigenvalue weighted by atomic mass is 19.4. The summed E-state index contributed by atoms with van der Waals surface area (Å²) in [4.78, 5) is 12.9. The molecule has 5 heteroatoms. The number of rotatable bonds is 4. The fourth-order valence-electron chi connectivity index (χ4n) is 2.66. The van der Waals surface area contributed by atoms with Crippen molar-refractivity contribution < 1.29 is 18.0 Å². The van der Waals surface area contributed by atoms with Crippen molar-refractivity contribution in [3.05, 3.63) is 0 Å². The normalized spacial score (nSPS) is 28.1. The van der Waals surface area contributed by atoms with E-state index in [0.29, 0.717) is 19.5 Å². The van der Waals surface area contributed by atoms with E-state index in [2.05, 4.69) is 0 Å². The van der Waals surface area contributed by atoms with Crippen LogP contribution in [0.1, 0.15) is 40.5 Å². The standard InChI is InChI=1S/C13H22F3NO/c1-5-12(4,9-18)8-17-7-6-10(11(17,2)3)13(14,15)16/h9-10H,5-8H2,1-4H3. The number of carbonyl (C=O) groups is 1. The minimum atomic E-state index is -4.16. The molecule has 0 aliphatic carbocycles. The van der Waals surface area contributed by atoms with Gasteiger partial charge in [-0.2, -0.15) is 13.2 Å². The van der Waals surface area contributed by atoms with Crippen LogP contribution in [0.15, 0.2) is 0 Å². The molecule has 18 heavy (non-hydrogen) atoms. The molecule has 1 fully saturated rings. The van der Waals surface area contributed by atoms with E-state index < -0.39 is 23.0 Å². The van der Waals surface area contributed by atoms with Crippen LogP contribution >= 0.6 is 0 Å². The van der Waals surface area contributed by atoms with Crippen LogP contribution in [0.4, 0.5) is 13.2 Å². The van der Waals surface area contributed by atoms with Crippen LogP contribution in [-0.4, -0.2) is 36.0 Å². The highest BCUT2D eigenvalue weighted by Crippen LogP contribution is 2.45. The summed E-state index contributed by atoms with van der Waals surface area (Å²) in [6, 6.07) is 0. The second-order valence-corrected chi connectivity index (χ2v) is 6.08. The summed E-state index contributed by atoms with van der Waals surface area (Å²) in [5.41, 5.74) is -1.49. The van der Waals surface area contributed by atoms with Gasteiger partial charge in [0.05, 0.1) is 5.92 Å². The van der Waals surface area contributed by atoms with Gasteiger partial charge >= 0.3 is 6.18 Å². The van der Waals surface area contributed by atoms with Gasteiger partial charge < -0.3 is 4.79 Å². The number of nitrogens with zero attached hydrogens (tertiary/aromatic N) is 1. The lowest BCUT2D eigenvalue weighted by Crippen LogP contribution is -2.50. The number of hydrogen-bond acceptors (Lipinski definition) is 2. The molecule has 0 aromatic carbocycles. The number of carbonyl (C=O) groups excluding carboxylic acids is 1. The van der Waals surface area contributed by atoms with Crippen molar-refractivity contribution in [2.45, 2.75) is 52.3 Å². The van der Waals surface area contributed by atoms with Gasteiger partial charge in [0, 0.05) is 17.5 Å². The van der Waals surface area contributed by atoms with Crippen molar-refractivity contribution in [2.24, 2.45) is 11.3 Å². The molecule has 1 heterocycles. The van der Waals surface area contributed by atoms with E-state index in [1.54, 1.807) is 20.8 Å². The molecular formula is C13H22F3NO. The maximum Gasteiger partial charge on any atom is 0.393 e. The van der Waals surface area contributed by atoms with Crippen molar-refractivity contribution in [3.8, 4) is 0 Å². The molecule has 106 valence electrons. The summed E-state index contributed by atoms with van der Waals surface area (Å²) in [5, 5.41) is 0. The summed E-state index contributed by atoms with van der Waals surface area (Å²) in [5.74, 6) is -1.31. The maximum absolute atomic E-state index is 12.9. The van der Waals surface area contributed by atoms with Crippen molar-refractivity contribution in [1.29, 1.82) is 0 Å². The molecule has 0 aromatic heterocycles. The number of hydrogen-bond donors (Lipinski definition) is 0. The van der Waals surface area contributed by atoms with Crippen LogP contribution in [0.5, 0.6) is 0 Å². The lowest BCUT2D eigenvalue weighted by molar-refractivity contribution is -0.192. The first-order chi connectivity index (χ1) is 8.07. The Morgan fingerprint density at radius 1 is 1.39 bits per heavy atom. The molecule has 0 radical (unpaired) electrons. The molecule has 0 amide bonds. The lowest BCUT2D eigenvalue weighted by Gasteiger charge is -2.40. The monoisotopic (exact) mass is 265 g/mol. The third kappa shape index (κ3) is 2.87. The van der Waals surface area contributed by atoms with Crippen LogP contribution < -0.4 is 0 Å². The highest BCUT2D eigenvalue weighted by molar-refractivity contribution is 5.59. The third-order valence-electron chi connectivity index (χ3n) is 4.39. The Labute approximate surface area is 107 Å². The summed E-state index contributed by atoms with van der Waals surface area (Å²) in [6.45, 7) is 7.74. The molecule has 0 N–H and O–H groups in total. The first-order valence-corrected chi connectivity index (χ1v) is 6.35. The first kappa shape index (κ1) is 15.5. The van der Waals surface area contributed by atoms with Gasteiger partial charge in [0.2, 0.25) is 0 Å². The number of halogens is 3. The van der Waals surface area contributed by atoms with E-state index in [1.165, 1.54) is 0 Å². The molecule has 1 aliphatic heterocycles. The molecule has 0 aromatic rings. The Bertz CT molecular complexity index is 314. The fraction of sp³-hybridized carbons (Fsp3) is 0.923. The number of alkyl halides is 3. The molecule has 0 saturated carbocycles. The van der Waals surface area contributed by atoms with E-state index in [0.717, 1.165) is 6.29 Å². The molecule has 1 saturated heterocycles. The molecule has 2 atom stereocenters. The fourth-order valence-corrected chi connectivity index (χ4v) is 2.66. The summed E-state index contributed by atoms with van der Waals surface area (Å²) in [7, 11) is 0. The smallest absolute Gasteiger partial charge is 0.303 e. The van der Waals surface area contributed by atoms with Crippen LogP contribution in [0.3, 0.4) is 0 Å². The Morgan fingerprint density at radius 3 is 2.28 bits per heavy atom. The van der Waals surface area contributed by atoms with Gasteiger partial charge in [0.1, 0.15) is 6.29 Å². The second kappa shape index (κ2) is 4.83. The maximum atomic E-state index is 12.9. The molecule has 0 spiro atoms. The Kier molecular flexibility index (Phi) is 4.16. The van der Waals surface area contributed by atoms with Gasteiger partial charge in [0.25, 0.3) is 0 Å². The molecular weight excluding hydrogens is 243 g/mol. The predicted molar refractivity (Wildman–Crippen MR) is 64.3 cm³/mol. The Balaban J connectivity index is 2.86. The van der Waals surface area contributed by atoms with Gasteiger partial charge in [-0.05, 0) is 33.2 Å². The molecule has 2 nitrogen and oxygen atoms in total. The zero-order valence-corrected chi connectivity index (χ0v) is 11.5. The minimum absolute atomic E-state index is 0.120. The molecule has 0 bridgehead atoms. The quantitative estimate of drug-likeness (QED) is 0.727. The topological polar surface area (TPSA) is 20.3 Å². The summed E-state index contributed by atoms with van der Waals surface area (Å²) >= 11 is 0. The first-order valence-electron chi connectivity index (χ1n) is 6.35. The molecule has 2 unspecified atom stereocenters. The summed E-state index contributed by atoms with van der Waals surface area (Å²) < 4.78 is 38.8. The average molecular weight is 265 g/mol. The Hall–Kier alpha value is -0.580. The minimum Gasteiger partial charge on any atom is -0.303 e. The third-order valence-corrected chi connectivity index (χ3v) is 4.39. The van der Waals surface area contributed by atoms with E-state index in [4.69, 9.17) is 0 Å². The zero-order chi connectivity index (χ0) is 14.2. The van der Waals surface area contributed by atoms with E-state index in [9.17, 15) is 18.0 Å². The largest absolute Gasteiger partial charge is 0.393 e. The average Bonchev–Trinajstić information content (AvgIpc) is 2.53.